The molecule has 0 bridgehead atoms. The Kier molecular flexibility index (Phi) is 6.19. The number of amides is 1. The SMILES string of the molecule is O=C(NCC1CCCO1)c1cccc(COc2ccc(Cl)cc2Cl)c1. The van der Waals surface area contributed by atoms with Gasteiger partial charge in [0.2, 0.25) is 0 Å². The molecule has 1 N–H and O–H groups in total. The van der Waals surface area contributed by atoms with Crippen molar-refractivity contribution in [2.45, 2.75) is 25.6 Å². The third kappa shape index (κ3) is 5.11. The van der Waals surface area contributed by atoms with Crippen LogP contribution in [0, 0.1) is 0 Å². The monoisotopic (exact) mass is 379 g/mol. The summed E-state index contributed by atoms with van der Waals surface area (Å²) in [6.07, 6.45) is 2.18. The van der Waals surface area contributed by atoms with Gasteiger partial charge in [-0.3, -0.25) is 4.79 Å². The van der Waals surface area contributed by atoms with E-state index < -0.39 is 0 Å². The summed E-state index contributed by atoms with van der Waals surface area (Å²) in [5, 5.41) is 3.93. The average Bonchev–Trinajstić information content (AvgIpc) is 3.13. The summed E-state index contributed by atoms with van der Waals surface area (Å²) >= 11 is 12.0. The number of halogens is 2. The van der Waals surface area contributed by atoms with E-state index in [9.17, 15) is 4.79 Å². The van der Waals surface area contributed by atoms with Crippen molar-refractivity contribution in [2.24, 2.45) is 0 Å². The number of hydrogen-bond donors (Lipinski definition) is 1. The zero-order valence-corrected chi connectivity index (χ0v) is 15.1. The maximum Gasteiger partial charge on any atom is 0.251 e. The lowest BCUT2D eigenvalue weighted by molar-refractivity contribution is 0.0857. The first kappa shape index (κ1) is 18.1. The summed E-state index contributed by atoms with van der Waals surface area (Å²) < 4.78 is 11.2. The van der Waals surface area contributed by atoms with E-state index in [0.29, 0.717) is 34.5 Å². The highest BCUT2D eigenvalue weighted by molar-refractivity contribution is 6.35. The van der Waals surface area contributed by atoms with Crippen LogP contribution < -0.4 is 10.1 Å². The summed E-state index contributed by atoms with van der Waals surface area (Å²) in [5.41, 5.74) is 1.48. The fourth-order valence-corrected chi connectivity index (χ4v) is 3.13. The van der Waals surface area contributed by atoms with Crippen LogP contribution in [0.1, 0.15) is 28.8 Å². The van der Waals surface area contributed by atoms with Gasteiger partial charge in [0.05, 0.1) is 11.1 Å². The molecule has 1 amide bonds. The maximum absolute atomic E-state index is 12.3. The van der Waals surface area contributed by atoms with E-state index >= 15 is 0 Å². The second kappa shape index (κ2) is 8.56. The standard InChI is InChI=1S/C19H19Cl2NO3/c20-15-6-7-18(17(21)10-15)25-12-13-3-1-4-14(9-13)19(23)22-11-16-5-2-8-24-16/h1,3-4,6-7,9-10,16H,2,5,8,11-12H2,(H,22,23). The van der Waals surface area contributed by atoms with E-state index in [2.05, 4.69) is 5.32 Å². The molecule has 1 fully saturated rings. The smallest absolute Gasteiger partial charge is 0.251 e. The van der Waals surface area contributed by atoms with Crippen LogP contribution in [-0.4, -0.2) is 25.2 Å². The molecule has 0 aliphatic carbocycles. The van der Waals surface area contributed by atoms with E-state index in [1.165, 1.54) is 0 Å². The molecule has 6 heteroatoms. The second-order valence-electron chi connectivity index (χ2n) is 5.91. The van der Waals surface area contributed by atoms with E-state index in [0.717, 1.165) is 25.0 Å². The molecule has 3 rings (SSSR count). The Morgan fingerprint density at radius 3 is 2.88 bits per heavy atom. The summed E-state index contributed by atoms with van der Waals surface area (Å²) in [6, 6.07) is 12.4. The van der Waals surface area contributed by atoms with Crippen molar-refractivity contribution in [3.8, 4) is 5.75 Å². The molecular weight excluding hydrogens is 361 g/mol. The molecule has 25 heavy (non-hydrogen) atoms. The van der Waals surface area contributed by atoms with Crippen LogP contribution in [0.3, 0.4) is 0 Å². The van der Waals surface area contributed by atoms with Gasteiger partial charge in [0.25, 0.3) is 5.91 Å². The first-order chi connectivity index (χ1) is 12.1. The predicted octanol–water partition coefficient (Wildman–Crippen LogP) is 4.48. The summed E-state index contributed by atoms with van der Waals surface area (Å²) in [6.45, 7) is 1.63. The third-order valence-electron chi connectivity index (χ3n) is 3.99. The Morgan fingerprint density at radius 2 is 2.12 bits per heavy atom. The molecule has 132 valence electrons. The minimum Gasteiger partial charge on any atom is -0.487 e. The van der Waals surface area contributed by atoms with Crippen molar-refractivity contribution in [2.75, 3.05) is 13.2 Å². The van der Waals surface area contributed by atoms with Crippen LogP contribution in [-0.2, 0) is 11.3 Å². The number of nitrogens with one attached hydrogen (secondary N) is 1. The maximum atomic E-state index is 12.3. The number of carbonyl (C=O) groups is 1. The van der Waals surface area contributed by atoms with Gasteiger partial charge < -0.3 is 14.8 Å². The zero-order valence-electron chi connectivity index (χ0n) is 13.6. The van der Waals surface area contributed by atoms with E-state index in [1.54, 1.807) is 24.3 Å². The Balaban J connectivity index is 1.57. The van der Waals surface area contributed by atoms with Gasteiger partial charge in [-0.25, -0.2) is 0 Å². The molecule has 4 nitrogen and oxygen atoms in total. The normalized spacial score (nSPS) is 16.6. The molecule has 0 saturated carbocycles. The number of carbonyl (C=O) groups excluding carboxylic acids is 1. The van der Waals surface area contributed by atoms with Crippen molar-refractivity contribution in [1.82, 2.24) is 5.32 Å². The number of ether oxygens (including phenoxy) is 2. The minimum atomic E-state index is -0.109. The van der Waals surface area contributed by atoms with Crippen LogP contribution in [0.15, 0.2) is 42.5 Å². The molecular formula is C19H19Cl2NO3. The van der Waals surface area contributed by atoms with E-state index in [-0.39, 0.29) is 12.0 Å². The molecule has 1 atom stereocenters. The summed E-state index contributed by atoms with van der Waals surface area (Å²) in [7, 11) is 0. The molecule has 0 radical (unpaired) electrons. The lowest BCUT2D eigenvalue weighted by atomic mass is 10.1. The van der Waals surface area contributed by atoms with Gasteiger partial charge >= 0.3 is 0 Å². The number of rotatable bonds is 6. The van der Waals surface area contributed by atoms with E-state index in [4.69, 9.17) is 32.7 Å². The van der Waals surface area contributed by atoms with Gasteiger partial charge in [-0.2, -0.15) is 0 Å². The molecule has 1 aliphatic rings. The molecule has 0 spiro atoms. The van der Waals surface area contributed by atoms with Crippen LogP contribution in [0.25, 0.3) is 0 Å². The third-order valence-corrected chi connectivity index (χ3v) is 4.52. The Bertz CT molecular complexity index is 745. The first-order valence-corrected chi connectivity index (χ1v) is 8.94. The topological polar surface area (TPSA) is 47.6 Å². The van der Waals surface area contributed by atoms with Crippen molar-refractivity contribution >= 4 is 29.1 Å². The second-order valence-corrected chi connectivity index (χ2v) is 6.75. The van der Waals surface area contributed by atoms with Crippen molar-refractivity contribution < 1.29 is 14.3 Å². The van der Waals surface area contributed by atoms with Crippen LogP contribution in [0.4, 0.5) is 0 Å². The lowest BCUT2D eigenvalue weighted by Crippen LogP contribution is -2.31. The fourth-order valence-electron chi connectivity index (χ4n) is 2.67. The molecule has 2 aromatic rings. The first-order valence-electron chi connectivity index (χ1n) is 8.18. The quantitative estimate of drug-likeness (QED) is 0.804. The minimum absolute atomic E-state index is 0.109. The average molecular weight is 380 g/mol. The van der Waals surface area contributed by atoms with Crippen molar-refractivity contribution in [3.05, 3.63) is 63.6 Å². The molecule has 1 saturated heterocycles. The predicted molar refractivity (Wildman–Crippen MR) is 98.5 cm³/mol. The van der Waals surface area contributed by atoms with E-state index in [1.807, 2.05) is 18.2 Å². The van der Waals surface area contributed by atoms with Gasteiger partial charge in [0, 0.05) is 23.7 Å². The molecule has 1 aliphatic heterocycles. The molecule has 1 unspecified atom stereocenters. The molecule has 1 heterocycles. The van der Waals surface area contributed by atoms with Crippen LogP contribution >= 0.6 is 23.2 Å². The summed E-state index contributed by atoms with van der Waals surface area (Å²) in [5.74, 6) is 0.446. The highest BCUT2D eigenvalue weighted by Crippen LogP contribution is 2.28. The Morgan fingerprint density at radius 1 is 1.24 bits per heavy atom. The lowest BCUT2D eigenvalue weighted by Gasteiger charge is -2.12. The Labute approximate surface area is 157 Å². The van der Waals surface area contributed by atoms with Crippen LogP contribution in [0.5, 0.6) is 5.75 Å². The molecule has 0 aromatic heterocycles. The molecule has 2 aromatic carbocycles. The highest BCUT2D eigenvalue weighted by Gasteiger charge is 2.16. The highest BCUT2D eigenvalue weighted by atomic mass is 35.5. The van der Waals surface area contributed by atoms with Gasteiger partial charge in [0.15, 0.2) is 0 Å². The van der Waals surface area contributed by atoms with Gasteiger partial charge in [-0.05, 0) is 48.7 Å². The zero-order chi connectivity index (χ0) is 17.6. The van der Waals surface area contributed by atoms with Crippen molar-refractivity contribution in [1.29, 1.82) is 0 Å². The van der Waals surface area contributed by atoms with Gasteiger partial charge in [-0.1, -0.05) is 35.3 Å². The number of hydrogen-bond acceptors (Lipinski definition) is 3. The Hall–Kier alpha value is -1.75. The number of benzene rings is 2. The van der Waals surface area contributed by atoms with Crippen molar-refractivity contribution in [3.63, 3.8) is 0 Å². The van der Waals surface area contributed by atoms with Crippen LogP contribution in [0.2, 0.25) is 10.0 Å². The fraction of sp³-hybridized carbons (Fsp3) is 0.316. The summed E-state index contributed by atoms with van der Waals surface area (Å²) in [4.78, 5) is 12.3. The largest absolute Gasteiger partial charge is 0.487 e. The van der Waals surface area contributed by atoms with Gasteiger partial charge in [-0.15, -0.1) is 0 Å². The van der Waals surface area contributed by atoms with Gasteiger partial charge in [0.1, 0.15) is 12.4 Å².